The molecule has 4 nitrogen and oxygen atoms in total. The molecule has 0 saturated carbocycles. The van der Waals surface area contributed by atoms with Crippen LogP contribution in [0, 0.1) is 6.92 Å². The number of amides is 1. The zero-order valence-corrected chi connectivity index (χ0v) is 18.6. The second-order valence-corrected chi connectivity index (χ2v) is 8.93. The fourth-order valence-electron chi connectivity index (χ4n) is 5.01. The van der Waals surface area contributed by atoms with Crippen molar-refractivity contribution in [3.63, 3.8) is 0 Å². The normalized spacial score (nSPS) is 16.2. The molecule has 0 aliphatic carbocycles. The van der Waals surface area contributed by atoms with Crippen molar-refractivity contribution in [1.29, 1.82) is 0 Å². The highest BCUT2D eigenvalue weighted by atomic mass is 16.2. The van der Waals surface area contributed by atoms with Gasteiger partial charge in [0.1, 0.15) is 5.82 Å². The number of aryl methyl sites for hydroxylation is 1. The van der Waals surface area contributed by atoms with Crippen molar-refractivity contribution >= 4 is 33.4 Å². The Kier molecular flexibility index (Phi) is 4.72. The van der Waals surface area contributed by atoms with Gasteiger partial charge in [-0.1, -0.05) is 78.4 Å². The summed E-state index contributed by atoms with van der Waals surface area (Å²) in [5.41, 5.74) is 5.57. The predicted molar refractivity (Wildman–Crippen MR) is 134 cm³/mol. The third-order valence-electron chi connectivity index (χ3n) is 6.69. The standard InChI is InChI=1S/C29H25N3O/c1-20-13-15-21(16-14-20)18-32-27-11-5-4-10-25(27)30-29(32)23-17-28(33)31(19-23)26-12-6-8-22-7-2-3-9-24(22)26/h2-16,23H,17-19H2,1H3. The van der Waals surface area contributed by atoms with Gasteiger partial charge >= 0.3 is 0 Å². The number of hydrogen-bond acceptors (Lipinski definition) is 2. The number of carbonyl (C=O) groups excluding carboxylic acids is 1. The summed E-state index contributed by atoms with van der Waals surface area (Å²) in [5, 5.41) is 2.26. The van der Waals surface area contributed by atoms with Crippen molar-refractivity contribution < 1.29 is 4.79 Å². The van der Waals surface area contributed by atoms with Gasteiger partial charge in [-0.2, -0.15) is 0 Å². The van der Waals surface area contributed by atoms with E-state index >= 15 is 0 Å². The van der Waals surface area contributed by atoms with Gasteiger partial charge in [-0.25, -0.2) is 4.98 Å². The lowest BCUT2D eigenvalue weighted by Gasteiger charge is -2.19. The van der Waals surface area contributed by atoms with Crippen LogP contribution < -0.4 is 4.90 Å². The average molecular weight is 432 g/mol. The van der Waals surface area contributed by atoms with Gasteiger partial charge in [0.25, 0.3) is 0 Å². The summed E-state index contributed by atoms with van der Waals surface area (Å²) in [6.07, 6.45) is 0.473. The number of fused-ring (bicyclic) bond motifs is 2. The van der Waals surface area contributed by atoms with Crippen molar-refractivity contribution in [3.8, 4) is 0 Å². The Hall–Kier alpha value is -3.92. The lowest BCUT2D eigenvalue weighted by Crippen LogP contribution is -2.24. The SMILES string of the molecule is Cc1ccc(Cn2c(C3CC(=O)N(c4cccc5ccccc45)C3)nc3ccccc32)cc1. The molecule has 0 radical (unpaired) electrons. The number of benzene rings is 4. The van der Waals surface area contributed by atoms with E-state index in [4.69, 9.17) is 4.98 Å². The van der Waals surface area contributed by atoms with Crippen LogP contribution in [-0.4, -0.2) is 22.0 Å². The number of para-hydroxylation sites is 2. The van der Waals surface area contributed by atoms with Gasteiger partial charge in [-0.05, 0) is 36.1 Å². The van der Waals surface area contributed by atoms with Crippen LogP contribution >= 0.6 is 0 Å². The minimum Gasteiger partial charge on any atom is -0.323 e. The molecular weight excluding hydrogens is 406 g/mol. The van der Waals surface area contributed by atoms with Gasteiger partial charge in [0.2, 0.25) is 5.91 Å². The molecular formula is C29H25N3O. The lowest BCUT2D eigenvalue weighted by atomic mass is 10.1. The van der Waals surface area contributed by atoms with Crippen LogP contribution in [0.4, 0.5) is 5.69 Å². The van der Waals surface area contributed by atoms with Crippen LogP contribution in [0.2, 0.25) is 0 Å². The molecule has 4 heteroatoms. The Bertz CT molecular complexity index is 1480. The molecule has 1 aromatic heterocycles. The van der Waals surface area contributed by atoms with Crippen LogP contribution in [0.1, 0.15) is 29.3 Å². The van der Waals surface area contributed by atoms with Crippen LogP contribution in [0.5, 0.6) is 0 Å². The predicted octanol–water partition coefficient (Wildman–Crippen LogP) is 6.07. The number of rotatable bonds is 4. The first kappa shape index (κ1) is 19.7. The van der Waals surface area contributed by atoms with Crippen molar-refractivity contribution in [1.82, 2.24) is 9.55 Å². The first-order valence-electron chi connectivity index (χ1n) is 11.5. The van der Waals surface area contributed by atoms with Gasteiger partial charge in [-0.15, -0.1) is 0 Å². The molecule has 2 heterocycles. The molecule has 0 N–H and O–H groups in total. The van der Waals surface area contributed by atoms with E-state index in [0.717, 1.165) is 39.9 Å². The zero-order chi connectivity index (χ0) is 22.4. The first-order valence-corrected chi connectivity index (χ1v) is 11.5. The van der Waals surface area contributed by atoms with Crippen LogP contribution in [0.15, 0.2) is 91.0 Å². The molecule has 1 atom stereocenters. The van der Waals surface area contributed by atoms with Crippen LogP contribution in [-0.2, 0) is 11.3 Å². The summed E-state index contributed by atoms with van der Waals surface area (Å²) in [4.78, 5) is 20.2. The molecule has 1 unspecified atom stereocenters. The molecule has 1 fully saturated rings. The summed E-state index contributed by atoms with van der Waals surface area (Å²) in [6.45, 7) is 3.49. The van der Waals surface area contributed by atoms with Gasteiger partial charge < -0.3 is 9.47 Å². The van der Waals surface area contributed by atoms with E-state index in [2.05, 4.69) is 78.2 Å². The fourth-order valence-corrected chi connectivity index (χ4v) is 5.01. The molecule has 33 heavy (non-hydrogen) atoms. The van der Waals surface area contributed by atoms with Crippen molar-refractivity contribution in [2.24, 2.45) is 0 Å². The summed E-state index contributed by atoms with van der Waals surface area (Å²) in [5.74, 6) is 1.20. The van der Waals surface area contributed by atoms with Crippen molar-refractivity contribution in [2.75, 3.05) is 11.4 Å². The van der Waals surface area contributed by atoms with E-state index < -0.39 is 0 Å². The molecule has 1 amide bonds. The maximum absolute atomic E-state index is 13.2. The van der Waals surface area contributed by atoms with Gasteiger partial charge in [0.05, 0.1) is 16.7 Å². The van der Waals surface area contributed by atoms with Crippen LogP contribution in [0.3, 0.4) is 0 Å². The van der Waals surface area contributed by atoms with E-state index in [1.807, 2.05) is 29.2 Å². The average Bonchev–Trinajstić information content (AvgIpc) is 3.40. The topological polar surface area (TPSA) is 38.1 Å². The highest BCUT2D eigenvalue weighted by molar-refractivity contribution is 6.05. The van der Waals surface area contributed by atoms with E-state index in [-0.39, 0.29) is 11.8 Å². The highest BCUT2D eigenvalue weighted by Gasteiger charge is 2.35. The molecule has 1 saturated heterocycles. The molecule has 4 aromatic carbocycles. The number of anilines is 1. The summed E-state index contributed by atoms with van der Waals surface area (Å²) in [7, 11) is 0. The minimum atomic E-state index is 0.0503. The number of nitrogens with zero attached hydrogens (tertiary/aromatic N) is 3. The van der Waals surface area contributed by atoms with E-state index in [1.54, 1.807) is 0 Å². The Morgan fingerprint density at radius 2 is 1.64 bits per heavy atom. The Balaban J connectivity index is 1.40. The minimum absolute atomic E-state index is 0.0503. The molecule has 162 valence electrons. The monoisotopic (exact) mass is 431 g/mol. The number of imidazole rings is 1. The number of aromatic nitrogens is 2. The van der Waals surface area contributed by atoms with Gasteiger partial charge in [0, 0.05) is 30.8 Å². The summed E-state index contributed by atoms with van der Waals surface area (Å²) >= 11 is 0. The van der Waals surface area contributed by atoms with E-state index in [1.165, 1.54) is 11.1 Å². The quantitative estimate of drug-likeness (QED) is 0.347. The lowest BCUT2D eigenvalue weighted by molar-refractivity contribution is -0.117. The third kappa shape index (κ3) is 3.48. The fraction of sp³-hybridized carbons (Fsp3) is 0.172. The smallest absolute Gasteiger partial charge is 0.227 e. The van der Waals surface area contributed by atoms with Gasteiger partial charge in [0.15, 0.2) is 0 Å². The molecule has 0 spiro atoms. The zero-order valence-electron chi connectivity index (χ0n) is 18.6. The number of carbonyl (C=O) groups is 1. The third-order valence-corrected chi connectivity index (χ3v) is 6.69. The maximum Gasteiger partial charge on any atom is 0.227 e. The molecule has 5 aromatic rings. The number of hydrogen-bond donors (Lipinski definition) is 0. The van der Waals surface area contributed by atoms with Crippen molar-refractivity contribution in [3.05, 3.63) is 108 Å². The molecule has 0 bridgehead atoms. The summed E-state index contributed by atoms with van der Waals surface area (Å²) < 4.78 is 2.30. The first-order chi connectivity index (χ1) is 16.2. The van der Waals surface area contributed by atoms with E-state index in [9.17, 15) is 4.79 Å². The molecule has 1 aliphatic heterocycles. The maximum atomic E-state index is 13.2. The van der Waals surface area contributed by atoms with Gasteiger partial charge in [-0.3, -0.25) is 4.79 Å². The molecule has 1 aliphatic rings. The molecule has 6 rings (SSSR count). The Morgan fingerprint density at radius 1 is 0.879 bits per heavy atom. The van der Waals surface area contributed by atoms with Crippen LogP contribution in [0.25, 0.3) is 21.8 Å². The Labute approximate surface area is 193 Å². The second-order valence-electron chi connectivity index (χ2n) is 8.93. The van der Waals surface area contributed by atoms with E-state index in [0.29, 0.717) is 13.0 Å². The highest BCUT2D eigenvalue weighted by Crippen LogP contribution is 2.36. The summed E-state index contributed by atoms with van der Waals surface area (Å²) in [6, 6.07) is 31.4. The van der Waals surface area contributed by atoms with Crippen molar-refractivity contribution in [2.45, 2.75) is 25.8 Å². The Morgan fingerprint density at radius 3 is 2.52 bits per heavy atom. The largest absolute Gasteiger partial charge is 0.323 e. The second kappa shape index (κ2) is 7.89.